The number of carbonyl (C=O) groups is 1. The van der Waals surface area contributed by atoms with Crippen molar-refractivity contribution < 1.29 is 19.0 Å². The molecule has 146 valence electrons. The molecule has 0 radical (unpaired) electrons. The van der Waals surface area contributed by atoms with Gasteiger partial charge < -0.3 is 19.1 Å². The largest absolute Gasteiger partial charge is 0.493 e. The van der Waals surface area contributed by atoms with E-state index in [0.717, 1.165) is 10.7 Å². The number of ether oxygens (including phenoxy) is 3. The Morgan fingerprint density at radius 2 is 2.25 bits per heavy atom. The number of hydrogen-bond donors (Lipinski definition) is 0. The minimum absolute atomic E-state index is 0.118. The zero-order valence-electron chi connectivity index (χ0n) is 15.7. The second kappa shape index (κ2) is 8.76. The maximum absolute atomic E-state index is 12.7. The number of aliphatic imine (C=N–C) groups is 1. The average Bonchev–Trinajstić information content (AvgIpc) is 3.13. The second-order valence-electron chi connectivity index (χ2n) is 5.85. The summed E-state index contributed by atoms with van der Waals surface area (Å²) in [6.45, 7) is 4.00. The van der Waals surface area contributed by atoms with E-state index >= 15 is 0 Å². The van der Waals surface area contributed by atoms with Crippen molar-refractivity contribution in [3.05, 3.63) is 45.0 Å². The van der Waals surface area contributed by atoms with Gasteiger partial charge in [0.15, 0.2) is 16.7 Å². The van der Waals surface area contributed by atoms with E-state index in [1.807, 2.05) is 35.6 Å². The Balaban J connectivity index is 2.12. The molecule has 0 bridgehead atoms. The first kappa shape index (κ1) is 20.4. The lowest BCUT2D eigenvalue weighted by Gasteiger charge is -2.33. The van der Waals surface area contributed by atoms with Crippen molar-refractivity contribution in [1.82, 2.24) is 4.90 Å². The van der Waals surface area contributed by atoms with Crippen LogP contribution in [-0.2, 0) is 9.53 Å². The van der Waals surface area contributed by atoms with Gasteiger partial charge in [0.05, 0.1) is 35.5 Å². The SMILES string of the molecule is C#CCOc1c(Br)cc([C@H]2C(C(=O)OCC)=C(C)N=C3SC=CN32)cc1OC. The fourth-order valence-electron chi connectivity index (χ4n) is 3.05. The number of allylic oxidation sites excluding steroid dienone is 1. The van der Waals surface area contributed by atoms with Crippen molar-refractivity contribution >= 4 is 38.8 Å². The molecule has 0 N–H and O–H groups in total. The molecule has 0 aromatic heterocycles. The third-order valence-corrected chi connectivity index (χ3v) is 5.54. The highest BCUT2D eigenvalue weighted by atomic mass is 79.9. The van der Waals surface area contributed by atoms with Crippen LogP contribution >= 0.6 is 27.7 Å². The number of halogens is 1. The fourth-order valence-corrected chi connectivity index (χ4v) is 4.42. The van der Waals surface area contributed by atoms with Crippen molar-refractivity contribution in [1.29, 1.82) is 0 Å². The molecule has 8 heteroatoms. The number of terminal acetylenes is 1. The topological polar surface area (TPSA) is 60.4 Å². The van der Waals surface area contributed by atoms with Crippen LogP contribution in [-0.4, -0.2) is 36.4 Å². The van der Waals surface area contributed by atoms with Crippen LogP contribution in [0.1, 0.15) is 25.5 Å². The van der Waals surface area contributed by atoms with Gasteiger partial charge in [-0.3, -0.25) is 0 Å². The molecule has 2 aliphatic rings. The molecule has 3 rings (SSSR count). The summed E-state index contributed by atoms with van der Waals surface area (Å²) < 4.78 is 17.1. The number of thioether (sulfide) groups is 1. The Bertz CT molecular complexity index is 933. The highest BCUT2D eigenvalue weighted by molar-refractivity contribution is 9.10. The number of methoxy groups -OCH3 is 1. The summed E-state index contributed by atoms with van der Waals surface area (Å²) in [6, 6.07) is 3.34. The van der Waals surface area contributed by atoms with Crippen LogP contribution in [0.5, 0.6) is 11.5 Å². The predicted octanol–water partition coefficient (Wildman–Crippen LogP) is 4.24. The number of esters is 1. The van der Waals surface area contributed by atoms with Crippen molar-refractivity contribution in [2.45, 2.75) is 19.9 Å². The van der Waals surface area contributed by atoms with E-state index in [1.165, 1.54) is 11.8 Å². The molecule has 6 nitrogen and oxygen atoms in total. The number of nitrogens with zero attached hydrogens (tertiary/aromatic N) is 2. The fraction of sp³-hybridized carbons (Fsp3) is 0.300. The monoisotopic (exact) mass is 462 g/mol. The number of hydrogen-bond acceptors (Lipinski definition) is 7. The lowest BCUT2D eigenvalue weighted by Crippen LogP contribution is -2.34. The molecule has 1 aromatic rings. The molecular weight excluding hydrogens is 444 g/mol. The zero-order valence-corrected chi connectivity index (χ0v) is 18.1. The Morgan fingerprint density at radius 3 is 2.93 bits per heavy atom. The molecule has 0 spiro atoms. The van der Waals surface area contributed by atoms with E-state index in [9.17, 15) is 4.79 Å². The standard InChI is InChI=1S/C20H19BrN2O4S/c1-5-8-27-18-14(21)10-13(11-15(18)25-4)17-16(19(24)26-6-2)12(3)22-20-23(17)7-9-28-20/h1,7,9-11,17H,6,8H2,2-4H3/t17-/m0/s1. The van der Waals surface area contributed by atoms with Gasteiger partial charge in [0, 0.05) is 6.20 Å². The molecule has 28 heavy (non-hydrogen) atoms. The summed E-state index contributed by atoms with van der Waals surface area (Å²) in [4.78, 5) is 19.2. The van der Waals surface area contributed by atoms with Crippen molar-refractivity contribution in [3.8, 4) is 23.8 Å². The number of rotatable bonds is 6. The van der Waals surface area contributed by atoms with E-state index in [1.54, 1.807) is 14.0 Å². The molecule has 0 saturated carbocycles. The third-order valence-electron chi connectivity index (χ3n) is 4.18. The van der Waals surface area contributed by atoms with Gasteiger partial charge in [0.2, 0.25) is 0 Å². The maximum atomic E-state index is 12.7. The Kier molecular flexibility index (Phi) is 6.37. The molecule has 2 heterocycles. The van der Waals surface area contributed by atoms with E-state index in [0.29, 0.717) is 27.2 Å². The lowest BCUT2D eigenvalue weighted by atomic mass is 9.94. The van der Waals surface area contributed by atoms with Gasteiger partial charge in [0.1, 0.15) is 6.61 Å². The Labute approximate surface area is 176 Å². The minimum Gasteiger partial charge on any atom is -0.493 e. The van der Waals surface area contributed by atoms with Crippen LogP contribution in [0.2, 0.25) is 0 Å². The molecule has 0 fully saturated rings. The Morgan fingerprint density at radius 1 is 1.46 bits per heavy atom. The number of benzene rings is 1. The highest BCUT2D eigenvalue weighted by Crippen LogP contribution is 2.45. The molecule has 1 aromatic carbocycles. The van der Waals surface area contributed by atoms with Crippen LogP contribution in [0.15, 0.2) is 44.5 Å². The molecule has 0 amide bonds. The summed E-state index contributed by atoms with van der Waals surface area (Å²) in [6.07, 6.45) is 7.21. The smallest absolute Gasteiger partial charge is 0.338 e. The molecule has 0 aliphatic carbocycles. The summed E-state index contributed by atoms with van der Waals surface area (Å²) in [5.41, 5.74) is 1.95. The normalized spacial score (nSPS) is 17.8. The van der Waals surface area contributed by atoms with Crippen molar-refractivity contribution in [2.24, 2.45) is 4.99 Å². The average molecular weight is 463 g/mol. The van der Waals surface area contributed by atoms with Crippen LogP contribution < -0.4 is 9.47 Å². The quantitative estimate of drug-likeness (QED) is 0.465. The van der Waals surface area contributed by atoms with Crippen LogP contribution in [0.4, 0.5) is 0 Å². The third kappa shape index (κ3) is 3.77. The molecule has 1 atom stereocenters. The first-order valence-corrected chi connectivity index (χ1v) is 10.2. The van der Waals surface area contributed by atoms with Gasteiger partial charge in [-0.1, -0.05) is 17.7 Å². The van der Waals surface area contributed by atoms with Crippen LogP contribution in [0.3, 0.4) is 0 Å². The molecule has 0 unspecified atom stereocenters. The van der Waals surface area contributed by atoms with E-state index in [2.05, 4.69) is 26.8 Å². The van der Waals surface area contributed by atoms with Gasteiger partial charge in [-0.15, -0.1) is 6.42 Å². The van der Waals surface area contributed by atoms with Gasteiger partial charge in [-0.05, 0) is 52.9 Å². The first-order chi connectivity index (χ1) is 13.5. The maximum Gasteiger partial charge on any atom is 0.338 e. The van der Waals surface area contributed by atoms with Crippen LogP contribution in [0, 0.1) is 12.3 Å². The van der Waals surface area contributed by atoms with Gasteiger partial charge >= 0.3 is 5.97 Å². The minimum atomic E-state index is -0.398. The van der Waals surface area contributed by atoms with E-state index in [4.69, 9.17) is 20.6 Å². The second-order valence-corrected chi connectivity index (χ2v) is 7.58. The lowest BCUT2D eigenvalue weighted by molar-refractivity contribution is -0.139. The number of amidine groups is 1. The van der Waals surface area contributed by atoms with Crippen LogP contribution in [0.25, 0.3) is 0 Å². The van der Waals surface area contributed by atoms with Gasteiger partial charge in [0.25, 0.3) is 0 Å². The summed E-state index contributed by atoms with van der Waals surface area (Å²) >= 11 is 5.04. The molecule has 2 aliphatic heterocycles. The highest BCUT2D eigenvalue weighted by Gasteiger charge is 2.38. The van der Waals surface area contributed by atoms with E-state index in [-0.39, 0.29) is 19.2 Å². The number of carbonyl (C=O) groups excluding carboxylic acids is 1. The molecular formula is C20H19BrN2O4S. The molecule has 0 saturated heterocycles. The Hall–Kier alpha value is -2.37. The summed E-state index contributed by atoms with van der Waals surface area (Å²) in [7, 11) is 1.56. The van der Waals surface area contributed by atoms with Crippen molar-refractivity contribution in [2.75, 3.05) is 20.3 Å². The summed E-state index contributed by atoms with van der Waals surface area (Å²) in [5.74, 6) is 3.08. The van der Waals surface area contributed by atoms with Gasteiger partial charge in [-0.2, -0.15) is 0 Å². The number of fused-ring (bicyclic) bond motifs is 1. The predicted molar refractivity (Wildman–Crippen MR) is 113 cm³/mol. The van der Waals surface area contributed by atoms with E-state index < -0.39 is 6.04 Å². The summed E-state index contributed by atoms with van der Waals surface area (Å²) in [5, 5.41) is 2.74. The first-order valence-electron chi connectivity index (χ1n) is 8.53. The zero-order chi connectivity index (χ0) is 20.3. The van der Waals surface area contributed by atoms with Crippen molar-refractivity contribution in [3.63, 3.8) is 0 Å². The van der Waals surface area contributed by atoms with Gasteiger partial charge in [-0.25, -0.2) is 9.79 Å².